The number of hydrogen-bond donors (Lipinski definition) is 1. The van der Waals surface area contributed by atoms with Gasteiger partial charge >= 0.3 is 5.63 Å². The molecule has 0 saturated carbocycles. The van der Waals surface area contributed by atoms with Gasteiger partial charge in [0.2, 0.25) is 10.0 Å². The number of sulfonamides is 1. The largest absolute Gasteiger partial charge is 0.423 e. The molecular weight excluding hydrogens is 304 g/mol. The van der Waals surface area contributed by atoms with Crippen LogP contribution < -0.4 is 10.9 Å². The molecule has 6 nitrogen and oxygen atoms in total. The third kappa shape index (κ3) is 2.79. The first kappa shape index (κ1) is 15.2. The average molecular weight is 322 g/mol. The van der Waals surface area contributed by atoms with Crippen LogP contribution in [0, 0.1) is 0 Å². The second-order valence-corrected chi connectivity index (χ2v) is 7.45. The van der Waals surface area contributed by atoms with Gasteiger partial charge in [-0.15, -0.1) is 0 Å². The minimum absolute atomic E-state index is 0.00986. The molecule has 2 aromatic rings. The Balaban J connectivity index is 1.97. The van der Waals surface area contributed by atoms with Crippen LogP contribution in [0.15, 0.2) is 44.4 Å². The highest BCUT2D eigenvalue weighted by molar-refractivity contribution is 7.89. The molecule has 1 N–H and O–H groups in total. The third-order valence-electron chi connectivity index (χ3n) is 4.09. The molecule has 0 amide bonds. The highest BCUT2D eigenvalue weighted by Crippen LogP contribution is 2.23. The summed E-state index contributed by atoms with van der Waals surface area (Å²) in [4.78, 5) is 11.4. The van der Waals surface area contributed by atoms with Crippen LogP contribution in [0.3, 0.4) is 0 Å². The third-order valence-corrected chi connectivity index (χ3v) is 6.00. The summed E-state index contributed by atoms with van der Waals surface area (Å²) in [6.07, 6.45) is 1.61. The quantitative estimate of drug-likeness (QED) is 0.858. The van der Waals surface area contributed by atoms with Crippen LogP contribution in [-0.4, -0.2) is 38.9 Å². The first-order chi connectivity index (χ1) is 10.5. The van der Waals surface area contributed by atoms with Gasteiger partial charge in [0.15, 0.2) is 0 Å². The zero-order valence-corrected chi connectivity index (χ0v) is 13.1. The number of benzene rings is 1. The van der Waals surface area contributed by atoms with E-state index in [-0.39, 0.29) is 10.9 Å². The van der Waals surface area contributed by atoms with Crippen molar-refractivity contribution in [3.05, 3.63) is 40.8 Å². The summed E-state index contributed by atoms with van der Waals surface area (Å²) in [7, 11) is -1.93. The molecule has 1 aliphatic rings. The molecule has 2 heterocycles. The second kappa shape index (κ2) is 5.83. The smallest absolute Gasteiger partial charge is 0.336 e. The van der Waals surface area contributed by atoms with Crippen molar-refractivity contribution in [2.75, 3.05) is 20.1 Å². The van der Waals surface area contributed by atoms with Crippen LogP contribution in [0.4, 0.5) is 0 Å². The van der Waals surface area contributed by atoms with Gasteiger partial charge in [-0.25, -0.2) is 13.2 Å². The highest BCUT2D eigenvalue weighted by atomic mass is 32.2. The first-order valence-electron chi connectivity index (χ1n) is 7.21. The molecule has 118 valence electrons. The van der Waals surface area contributed by atoms with Gasteiger partial charge in [-0.2, -0.15) is 4.31 Å². The number of piperidine rings is 1. The predicted octanol–water partition coefficient (Wildman–Crippen LogP) is 1.17. The van der Waals surface area contributed by atoms with Crippen molar-refractivity contribution in [1.29, 1.82) is 0 Å². The van der Waals surface area contributed by atoms with Crippen molar-refractivity contribution < 1.29 is 12.8 Å². The lowest BCUT2D eigenvalue weighted by Gasteiger charge is -2.30. The topological polar surface area (TPSA) is 79.6 Å². The SMILES string of the molecule is CN(C1CCNCC1)S(=O)(=O)c1ccc2oc(=O)ccc2c1. The Bertz CT molecular complexity index is 838. The zero-order valence-electron chi connectivity index (χ0n) is 12.3. The normalized spacial score (nSPS) is 17.2. The van der Waals surface area contributed by atoms with E-state index < -0.39 is 15.6 Å². The lowest BCUT2D eigenvalue weighted by molar-refractivity contribution is 0.296. The average Bonchev–Trinajstić information content (AvgIpc) is 2.54. The summed E-state index contributed by atoms with van der Waals surface area (Å²) in [5.74, 6) is 0. The Morgan fingerprint density at radius 2 is 1.91 bits per heavy atom. The molecule has 1 fully saturated rings. The van der Waals surface area contributed by atoms with E-state index >= 15 is 0 Å². The number of hydrogen-bond acceptors (Lipinski definition) is 5. The number of fused-ring (bicyclic) bond motifs is 1. The van der Waals surface area contributed by atoms with Gasteiger partial charge in [0, 0.05) is 24.5 Å². The molecular formula is C15H18N2O4S. The molecule has 1 aliphatic heterocycles. The lowest BCUT2D eigenvalue weighted by Crippen LogP contribution is -2.43. The molecule has 22 heavy (non-hydrogen) atoms. The van der Waals surface area contributed by atoms with Crippen molar-refractivity contribution >= 4 is 21.0 Å². The summed E-state index contributed by atoms with van der Waals surface area (Å²) in [5, 5.41) is 3.82. The first-order valence-corrected chi connectivity index (χ1v) is 8.65. The van der Waals surface area contributed by atoms with Crippen LogP contribution in [0.5, 0.6) is 0 Å². The van der Waals surface area contributed by atoms with Gasteiger partial charge in [-0.3, -0.25) is 0 Å². The Morgan fingerprint density at radius 3 is 2.64 bits per heavy atom. The van der Waals surface area contributed by atoms with E-state index in [1.54, 1.807) is 19.2 Å². The fraction of sp³-hybridized carbons (Fsp3) is 0.400. The van der Waals surface area contributed by atoms with Gasteiger partial charge in [0.05, 0.1) is 4.90 Å². The molecule has 1 saturated heterocycles. The Hall–Kier alpha value is -1.70. The number of nitrogens with zero attached hydrogens (tertiary/aromatic N) is 1. The fourth-order valence-corrected chi connectivity index (χ4v) is 4.19. The van der Waals surface area contributed by atoms with Crippen LogP contribution in [0.25, 0.3) is 11.0 Å². The number of rotatable bonds is 3. The van der Waals surface area contributed by atoms with E-state index in [2.05, 4.69) is 5.32 Å². The molecule has 3 rings (SSSR count). The maximum atomic E-state index is 12.8. The van der Waals surface area contributed by atoms with E-state index in [9.17, 15) is 13.2 Å². The summed E-state index contributed by atoms with van der Waals surface area (Å²) in [5.41, 5.74) is -0.0640. The van der Waals surface area contributed by atoms with Crippen LogP contribution in [0.1, 0.15) is 12.8 Å². The van der Waals surface area contributed by atoms with E-state index in [1.807, 2.05) is 0 Å². The molecule has 0 aliphatic carbocycles. The zero-order chi connectivity index (χ0) is 15.7. The predicted molar refractivity (Wildman–Crippen MR) is 83.3 cm³/mol. The maximum Gasteiger partial charge on any atom is 0.336 e. The lowest BCUT2D eigenvalue weighted by atomic mass is 10.1. The van der Waals surface area contributed by atoms with Gasteiger partial charge < -0.3 is 9.73 Å². The summed E-state index contributed by atoms with van der Waals surface area (Å²) in [6.45, 7) is 1.65. The van der Waals surface area contributed by atoms with Crippen molar-refractivity contribution in [2.45, 2.75) is 23.8 Å². The van der Waals surface area contributed by atoms with Crippen molar-refractivity contribution in [3.63, 3.8) is 0 Å². The van der Waals surface area contributed by atoms with E-state index in [0.717, 1.165) is 25.9 Å². The Labute approximate surface area is 128 Å². The molecule has 0 radical (unpaired) electrons. The van der Waals surface area contributed by atoms with Gasteiger partial charge in [0.1, 0.15) is 5.58 Å². The molecule has 0 bridgehead atoms. The fourth-order valence-electron chi connectivity index (χ4n) is 2.74. The second-order valence-electron chi connectivity index (χ2n) is 5.46. The summed E-state index contributed by atoms with van der Waals surface area (Å²) in [6, 6.07) is 7.43. The standard InChI is InChI=1S/C15H18N2O4S/c1-17(12-6-8-16-9-7-12)22(19,20)13-3-4-14-11(10-13)2-5-15(18)21-14/h2-5,10,12,16H,6-9H2,1H3. The molecule has 0 atom stereocenters. The molecule has 1 aromatic carbocycles. The van der Waals surface area contributed by atoms with E-state index in [1.165, 1.54) is 22.5 Å². The molecule has 1 aromatic heterocycles. The van der Waals surface area contributed by atoms with Crippen molar-refractivity contribution in [3.8, 4) is 0 Å². The molecule has 0 spiro atoms. The van der Waals surface area contributed by atoms with Crippen LogP contribution in [0.2, 0.25) is 0 Å². The van der Waals surface area contributed by atoms with Gasteiger partial charge in [-0.1, -0.05) is 0 Å². The minimum atomic E-state index is -3.55. The highest BCUT2D eigenvalue weighted by Gasteiger charge is 2.29. The monoisotopic (exact) mass is 322 g/mol. The molecule has 0 unspecified atom stereocenters. The van der Waals surface area contributed by atoms with Gasteiger partial charge in [-0.05, 0) is 50.2 Å². The van der Waals surface area contributed by atoms with Crippen LogP contribution >= 0.6 is 0 Å². The summed E-state index contributed by atoms with van der Waals surface area (Å²) < 4.78 is 32.0. The van der Waals surface area contributed by atoms with Crippen LogP contribution in [-0.2, 0) is 10.0 Å². The van der Waals surface area contributed by atoms with Gasteiger partial charge in [0.25, 0.3) is 0 Å². The van der Waals surface area contributed by atoms with E-state index in [4.69, 9.17) is 4.42 Å². The number of nitrogens with one attached hydrogen (secondary N) is 1. The Morgan fingerprint density at radius 1 is 1.18 bits per heavy atom. The molecule has 7 heteroatoms. The Kier molecular flexibility index (Phi) is 4.03. The summed E-state index contributed by atoms with van der Waals surface area (Å²) >= 11 is 0. The van der Waals surface area contributed by atoms with E-state index in [0.29, 0.717) is 11.0 Å². The van der Waals surface area contributed by atoms with Crippen molar-refractivity contribution in [1.82, 2.24) is 9.62 Å². The van der Waals surface area contributed by atoms with Crippen molar-refractivity contribution in [2.24, 2.45) is 0 Å². The maximum absolute atomic E-state index is 12.8. The minimum Gasteiger partial charge on any atom is -0.423 e.